The van der Waals surface area contributed by atoms with E-state index in [1.807, 2.05) is 52.1 Å². The number of rotatable bonds is 5. The average Bonchev–Trinajstić information content (AvgIpc) is 2.73. The fourth-order valence-corrected chi connectivity index (χ4v) is 6.28. The monoisotopic (exact) mass is 447 g/mol. The minimum atomic E-state index is -3.59. The molecule has 2 heterocycles. The van der Waals surface area contributed by atoms with Gasteiger partial charge in [-0.1, -0.05) is 6.07 Å². The first kappa shape index (κ1) is 22.8. The zero-order valence-electron chi connectivity index (χ0n) is 18.2. The molecule has 0 saturated carbocycles. The predicted octanol–water partition coefficient (Wildman–Crippen LogP) is 4.08. The van der Waals surface area contributed by atoms with Crippen molar-refractivity contribution in [2.24, 2.45) is 5.92 Å². The number of carbonyl (C=O) groups is 1. The molecule has 1 fully saturated rings. The van der Waals surface area contributed by atoms with Crippen LogP contribution in [-0.4, -0.2) is 43.0 Å². The van der Waals surface area contributed by atoms with Crippen molar-refractivity contribution in [3.05, 3.63) is 46.6 Å². The first-order chi connectivity index (χ1) is 14.1. The number of carbonyl (C=O) groups excluding carboxylic acids is 1. The van der Waals surface area contributed by atoms with E-state index in [9.17, 15) is 13.2 Å². The quantitative estimate of drug-likeness (QED) is 0.699. The molecule has 162 valence electrons. The summed E-state index contributed by atoms with van der Waals surface area (Å²) < 4.78 is 28.3. The zero-order chi connectivity index (χ0) is 22.1. The number of anilines is 1. The standard InChI is InChI=1S/C22H29N3O3S2/c1-14-12-15(2)17(4)21(16(14)3)30(27,28)25-10-8-18(9-11-25)22(26)24-19-6-7-20(29-5)23-13-19/h6-7,12-13,18H,8-11H2,1-5H3,(H,24,26). The molecule has 3 rings (SSSR count). The molecule has 1 aromatic heterocycles. The van der Waals surface area contributed by atoms with Gasteiger partial charge in [0, 0.05) is 19.0 Å². The predicted molar refractivity (Wildman–Crippen MR) is 122 cm³/mol. The molecule has 30 heavy (non-hydrogen) atoms. The summed E-state index contributed by atoms with van der Waals surface area (Å²) in [5.41, 5.74) is 4.23. The Morgan fingerprint density at radius 1 is 1.10 bits per heavy atom. The van der Waals surface area contributed by atoms with Gasteiger partial charge in [0.25, 0.3) is 0 Å². The highest BCUT2D eigenvalue weighted by Gasteiger charge is 2.34. The number of hydrogen-bond acceptors (Lipinski definition) is 5. The molecular formula is C22H29N3O3S2. The Labute approximate surface area is 183 Å². The second-order valence-corrected chi connectivity index (χ2v) is 10.5. The maximum Gasteiger partial charge on any atom is 0.243 e. The van der Waals surface area contributed by atoms with Crippen LogP contribution >= 0.6 is 11.8 Å². The molecule has 1 amide bonds. The van der Waals surface area contributed by atoms with Gasteiger partial charge in [-0.15, -0.1) is 11.8 Å². The molecule has 0 spiro atoms. The Bertz CT molecular complexity index is 1020. The van der Waals surface area contributed by atoms with Gasteiger partial charge in [0.2, 0.25) is 15.9 Å². The summed E-state index contributed by atoms with van der Waals surface area (Å²) in [6.07, 6.45) is 4.60. The molecule has 6 nitrogen and oxygen atoms in total. The fraction of sp³-hybridized carbons (Fsp3) is 0.455. The van der Waals surface area contributed by atoms with Crippen molar-refractivity contribution < 1.29 is 13.2 Å². The lowest BCUT2D eigenvalue weighted by Crippen LogP contribution is -2.41. The molecule has 8 heteroatoms. The van der Waals surface area contributed by atoms with Crippen molar-refractivity contribution in [1.82, 2.24) is 9.29 Å². The number of aromatic nitrogens is 1. The van der Waals surface area contributed by atoms with E-state index in [4.69, 9.17) is 0 Å². The smallest absolute Gasteiger partial charge is 0.243 e. The summed E-state index contributed by atoms with van der Waals surface area (Å²) in [6.45, 7) is 8.30. The van der Waals surface area contributed by atoms with Crippen LogP contribution in [0, 0.1) is 33.6 Å². The third kappa shape index (κ3) is 4.55. The lowest BCUT2D eigenvalue weighted by atomic mass is 9.97. The van der Waals surface area contributed by atoms with E-state index in [0.29, 0.717) is 36.5 Å². The summed E-state index contributed by atoms with van der Waals surface area (Å²) in [7, 11) is -3.59. The van der Waals surface area contributed by atoms with Crippen LogP contribution in [0.3, 0.4) is 0 Å². The van der Waals surface area contributed by atoms with Crippen LogP contribution in [0.5, 0.6) is 0 Å². The van der Waals surface area contributed by atoms with Crippen LogP contribution < -0.4 is 5.32 Å². The molecule has 0 bridgehead atoms. The van der Waals surface area contributed by atoms with E-state index >= 15 is 0 Å². The van der Waals surface area contributed by atoms with E-state index in [2.05, 4.69) is 10.3 Å². The number of aryl methyl sites for hydroxylation is 2. The third-order valence-electron chi connectivity index (χ3n) is 5.93. The number of piperidine rings is 1. The molecular weight excluding hydrogens is 418 g/mol. The van der Waals surface area contributed by atoms with Crippen LogP contribution in [0.1, 0.15) is 35.1 Å². The number of nitrogens with one attached hydrogen (secondary N) is 1. The van der Waals surface area contributed by atoms with Crippen molar-refractivity contribution >= 4 is 33.4 Å². The lowest BCUT2D eigenvalue weighted by molar-refractivity contribution is -0.120. The number of benzene rings is 1. The molecule has 0 aliphatic carbocycles. The van der Waals surface area contributed by atoms with Crippen molar-refractivity contribution in [1.29, 1.82) is 0 Å². The average molecular weight is 448 g/mol. The van der Waals surface area contributed by atoms with Crippen LogP contribution in [0.15, 0.2) is 34.3 Å². The molecule has 1 N–H and O–H groups in total. The van der Waals surface area contributed by atoms with Gasteiger partial charge in [0.1, 0.15) is 0 Å². The number of hydrogen-bond donors (Lipinski definition) is 1. The van der Waals surface area contributed by atoms with E-state index in [-0.39, 0.29) is 11.8 Å². The van der Waals surface area contributed by atoms with E-state index in [0.717, 1.165) is 27.3 Å². The highest BCUT2D eigenvalue weighted by molar-refractivity contribution is 7.98. The van der Waals surface area contributed by atoms with Gasteiger partial charge in [-0.25, -0.2) is 13.4 Å². The molecule has 1 saturated heterocycles. The van der Waals surface area contributed by atoms with Gasteiger partial charge in [-0.3, -0.25) is 4.79 Å². The highest BCUT2D eigenvalue weighted by atomic mass is 32.2. The van der Waals surface area contributed by atoms with Gasteiger partial charge >= 0.3 is 0 Å². The summed E-state index contributed by atoms with van der Waals surface area (Å²) in [6, 6.07) is 5.73. The Hall–Kier alpha value is -1.90. The first-order valence-corrected chi connectivity index (χ1v) is 12.7. The third-order valence-corrected chi connectivity index (χ3v) is 8.77. The molecule has 0 unspecified atom stereocenters. The molecule has 1 aliphatic heterocycles. The minimum Gasteiger partial charge on any atom is -0.324 e. The van der Waals surface area contributed by atoms with Crippen molar-refractivity contribution in [3.8, 4) is 0 Å². The fourth-order valence-electron chi connectivity index (χ4n) is 3.87. The highest BCUT2D eigenvalue weighted by Crippen LogP contribution is 2.31. The van der Waals surface area contributed by atoms with Crippen molar-refractivity contribution in [2.75, 3.05) is 24.7 Å². The van der Waals surface area contributed by atoms with E-state index in [1.165, 1.54) is 4.31 Å². The number of thioether (sulfide) groups is 1. The number of pyridine rings is 1. The van der Waals surface area contributed by atoms with Gasteiger partial charge in [0.15, 0.2) is 0 Å². The van der Waals surface area contributed by atoms with E-state index in [1.54, 1.807) is 18.0 Å². The molecule has 0 radical (unpaired) electrons. The summed E-state index contributed by atoms with van der Waals surface area (Å²) in [4.78, 5) is 17.3. The first-order valence-electron chi connectivity index (χ1n) is 10.0. The summed E-state index contributed by atoms with van der Waals surface area (Å²) in [5.74, 6) is -0.289. The Balaban J connectivity index is 1.69. The van der Waals surface area contributed by atoms with Crippen molar-refractivity contribution in [3.63, 3.8) is 0 Å². The number of amides is 1. The second kappa shape index (κ2) is 9.08. The van der Waals surface area contributed by atoms with Crippen LogP contribution in [0.4, 0.5) is 5.69 Å². The van der Waals surface area contributed by atoms with E-state index < -0.39 is 10.0 Å². The van der Waals surface area contributed by atoms with Gasteiger partial charge in [-0.05, 0) is 81.2 Å². The molecule has 1 aliphatic rings. The maximum atomic E-state index is 13.4. The summed E-state index contributed by atoms with van der Waals surface area (Å²) >= 11 is 1.54. The summed E-state index contributed by atoms with van der Waals surface area (Å²) in [5, 5.41) is 3.79. The minimum absolute atomic E-state index is 0.0792. The number of sulfonamides is 1. The van der Waals surface area contributed by atoms with Crippen LogP contribution in [0.2, 0.25) is 0 Å². The lowest BCUT2D eigenvalue weighted by Gasteiger charge is -2.31. The Morgan fingerprint density at radius 3 is 2.20 bits per heavy atom. The molecule has 0 atom stereocenters. The Morgan fingerprint density at radius 2 is 1.70 bits per heavy atom. The maximum absolute atomic E-state index is 13.4. The van der Waals surface area contributed by atoms with Crippen LogP contribution in [0.25, 0.3) is 0 Å². The topological polar surface area (TPSA) is 79.4 Å². The normalized spacial score (nSPS) is 15.9. The Kier molecular flexibility index (Phi) is 6.89. The largest absolute Gasteiger partial charge is 0.324 e. The zero-order valence-corrected chi connectivity index (χ0v) is 19.8. The SMILES string of the molecule is CSc1ccc(NC(=O)C2CCN(S(=O)(=O)c3c(C)c(C)cc(C)c3C)CC2)cn1. The second-order valence-electron chi connectivity index (χ2n) is 7.85. The molecule has 2 aromatic rings. The van der Waals surface area contributed by atoms with Gasteiger partial charge in [-0.2, -0.15) is 4.31 Å². The number of nitrogens with zero attached hydrogens (tertiary/aromatic N) is 2. The van der Waals surface area contributed by atoms with Gasteiger partial charge in [0.05, 0.1) is 21.8 Å². The molecule has 1 aromatic carbocycles. The van der Waals surface area contributed by atoms with Crippen LogP contribution in [-0.2, 0) is 14.8 Å². The van der Waals surface area contributed by atoms with Crippen molar-refractivity contribution in [2.45, 2.75) is 50.5 Å². The van der Waals surface area contributed by atoms with Gasteiger partial charge < -0.3 is 5.32 Å².